The lowest BCUT2D eigenvalue weighted by atomic mass is 10.3. The second-order valence-corrected chi connectivity index (χ2v) is 4.33. The van der Waals surface area contributed by atoms with Crippen LogP contribution in [0.3, 0.4) is 0 Å². The Balaban J connectivity index is 2.09. The van der Waals surface area contributed by atoms with Crippen LogP contribution in [0, 0.1) is 0 Å². The molecule has 6 nitrogen and oxygen atoms in total. The summed E-state index contributed by atoms with van der Waals surface area (Å²) in [5, 5.41) is 6.80. The first-order chi connectivity index (χ1) is 8.08. The largest absolute Gasteiger partial charge is 0.396 e. The summed E-state index contributed by atoms with van der Waals surface area (Å²) in [5.41, 5.74) is 6.08. The average Bonchev–Trinajstić information content (AvgIpc) is 2.63. The zero-order valence-electron chi connectivity index (χ0n) is 10.5. The van der Waals surface area contributed by atoms with Crippen LogP contribution in [0.5, 0.6) is 0 Å². The van der Waals surface area contributed by atoms with Gasteiger partial charge in [0.15, 0.2) is 0 Å². The van der Waals surface area contributed by atoms with Crippen molar-refractivity contribution in [2.75, 3.05) is 32.9 Å². The van der Waals surface area contributed by atoms with Crippen molar-refractivity contribution in [1.29, 1.82) is 0 Å². The lowest BCUT2D eigenvalue weighted by molar-refractivity contribution is -0.121. The number of nitrogens with zero attached hydrogens (tertiary/aromatic N) is 3. The molecule has 0 bridgehead atoms. The molecule has 1 heterocycles. The Kier molecular flexibility index (Phi) is 5.48. The number of anilines is 1. The van der Waals surface area contributed by atoms with Gasteiger partial charge in [0.05, 0.1) is 11.9 Å². The lowest BCUT2D eigenvalue weighted by Gasteiger charge is -2.09. The van der Waals surface area contributed by atoms with Gasteiger partial charge < -0.3 is 16.0 Å². The molecule has 0 atom stereocenters. The smallest absolute Gasteiger partial charge is 0.241 e. The number of carbonyl (C=O) groups is 1. The van der Waals surface area contributed by atoms with Crippen LogP contribution in [0.2, 0.25) is 0 Å². The van der Waals surface area contributed by atoms with E-state index in [1.165, 1.54) is 10.9 Å². The highest BCUT2D eigenvalue weighted by Crippen LogP contribution is 1.97. The van der Waals surface area contributed by atoms with Crippen molar-refractivity contribution < 1.29 is 4.79 Å². The molecule has 0 saturated heterocycles. The quantitative estimate of drug-likeness (QED) is 0.653. The van der Waals surface area contributed by atoms with Crippen LogP contribution in [-0.4, -0.2) is 47.8 Å². The number of hydrogen-bond donors (Lipinski definition) is 2. The number of carbonyl (C=O) groups excluding carboxylic acids is 1. The molecule has 0 saturated carbocycles. The zero-order valence-corrected chi connectivity index (χ0v) is 10.5. The molecule has 0 aromatic carbocycles. The molecule has 0 aliphatic rings. The van der Waals surface area contributed by atoms with Crippen molar-refractivity contribution in [3.8, 4) is 0 Å². The molecule has 3 N–H and O–H groups in total. The van der Waals surface area contributed by atoms with E-state index >= 15 is 0 Å². The Morgan fingerprint density at radius 2 is 2.29 bits per heavy atom. The summed E-state index contributed by atoms with van der Waals surface area (Å²) in [5.74, 6) is -0.0297. The SMILES string of the molecule is CN(C)CCCCNC(=O)Cn1cc(N)cn1. The van der Waals surface area contributed by atoms with Crippen LogP contribution in [-0.2, 0) is 11.3 Å². The van der Waals surface area contributed by atoms with Gasteiger partial charge in [0, 0.05) is 12.7 Å². The maximum atomic E-state index is 11.5. The molecule has 0 spiro atoms. The van der Waals surface area contributed by atoms with Gasteiger partial charge in [-0.05, 0) is 33.5 Å². The fourth-order valence-corrected chi connectivity index (χ4v) is 1.45. The van der Waals surface area contributed by atoms with Gasteiger partial charge in [-0.15, -0.1) is 0 Å². The van der Waals surface area contributed by atoms with Crippen LogP contribution in [0.1, 0.15) is 12.8 Å². The van der Waals surface area contributed by atoms with Crippen LogP contribution < -0.4 is 11.1 Å². The van der Waals surface area contributed by atoms with E-state index in [0.717, 1.165) is 19.4 Å². The summed E-state index contributed by atoms with van der Waals surface area (Å²) in [6, 6.07) is 0. The molecule has 0 unspecified atom stereocenters. The minimum absolute atomic E-state index is 0.0297. The van der Waals surface area contributed by atoms with Gasteiger partial charge in [0.2, 0.25) is 5.91 Å². The Hall–Kier alpha value is -1.56. The minimum Gasteiger partial charge on any atom is -0.396 e. The zero-order chi connectivity index (χ0) is 12.7. The highest BCUT2D eigenvalue weighted by molar-refractivity contribution is 5.75. The van der Waals surface area contributed by atoms with E-state index < -0.39 is 0 Å². The molecular formula is C11H21N5O. The highest BCUT2D eigenvalue weighted by Gasteiger charge is 2.02. The van der Waals surface area contributed by atoms with Gasteiger partial charge in [0.1, 0.15) is 6.54 Å². The van der Waals surface area contributed by atoms with E-state index in [0.29, 0.717) is 12.2 Å². The predicted octanol–water partition coefficient (Wildman–Crippen LogP) is -0.0767. The maximum absolute atomic E-state index is 11.5. The number of amides is 1. The lowest BCUT2D eigenvalue weighted by Crippen LogP contribution is -2.29. The first-order valence-corrected chi connectivity index (χ1v) is 5.77. The summed E-state index contributed by atoms with van der Waals surface area (Å²) in [4.78, 5) is 13.6. The summed E-state index contributed by atoms with van der Waals surface area (Å²) in [6.07, 6.45) is 5.25. The van der Waals surface area contributed by atoms with Crippen molar-refractivity contribution >= 4 is 11.6 Å². The number of aromatic nitrogens is 2. The average molecular weight is 239 g/mol. The minimum atomic E-state index is -0.0297. The van der Waals surface area contributed by atoms with Crippen LogP contribution in [0.25, 0.3) is 0 Å². The number of nitrogen functional groups attached to an aromatic ring is 1. The van der Waals surface area contributed by atoms with E-state index in [1.807, 2.05) is 14.1 Å². The molecule has 17 heavy (non-hydrogen) atoms. The number of rotatable bonds is 7. The Morgan fingerprint density at radius 1 is 1.53 bits per heavy atom. The molecule has 96 valence electrons. The fraction of sp³-hybridized carbons (Fsp3) is 0.636. The van der Waals surface area contributed by atoms with Crippen molar-refractivity contribution in [2.45, 2.75) is 19.4 Å². The Morgan fingerprint density at radius 3 is 2.88 bits per heavy atom. The number of nitrogens with two attached hydrogens (primary N) is 1. The van der Waals surface area contributed by atoms with Gasteiger partial charge in [-0.25, -0.2) is 0 Å². The monoisotopic (exact) mass is 239 g/mol. The van der Waals surface area contributed by atoms with Crippen molar-refractivity contribution in [2.24, 2.45) is 0 Å². The molecular weight excluding hydrogens is 218 g/mol. The van der Waals surface area contributed by atoms with Gasteiger partial charge in [-0.1, -0.05) is 0 Å². The first-order valence-electron chi connectivity index (χ1n) is 5.77. The maximum Gasteiger partial charge on any atom is 0.241 e. The highest BCUT2D eigenvalue weighted by atomic mass is 16.2. The third-order valence-electron chi connectivity index (χ3n) is 2.31. The molecule has 1 rings (SSSR count). The van der Waals surface area contributed by atoms with Crippen LogP contribution >= 0.6 is 0 Å². The van der Waals surface area contributed by atoms with Gasteiger partial charge in [-0.3, -0.25) is 9.48 Å². The summed E-state index contributed by atoms with van der Waals surface area (Å²) < 4.78 is 1.53. The van der Waals surface area contributed by atoms with E-state index in [9.17, 15) is 4.79 Å². The van der Waals surface area contributed by atoms with E-state index in [2.05, 4.69) is 15.3 Å². The van der Waals surface area contributed by atoms with Gasteiger partial charge in [0.25, 0.3) is 0 Å². The number of nitrogens with one attached hydrogen (secondary N) is 1. The molecule has 1 aromatic heterocycles. The number of hydrogen-bond acceptors (Lipinski definition) is 4. The van der Waals surface area contributed by atoms with E-state index in [4.69, 9.17) is 5.73 Å². The first kappa shape index (κ1) is 13.5. The molecule has 0 aliphatic carbocycles. The standard InChI is InChI=1S/C11H21N5O/c1-15(2)6-4-3-5-13-11(17)9-16-8-10(12)7-14-16/h7-8H,3-6,9,12H2,1-2H3,(H,13,17). The molecule has 0 radical (unpaired) electrons. The third-order valence-corrected chi connectivity index (χ3v) is 2.31. The van der Waals surface area contributed by atoms with E-state index in [1.54, 1.807) is 6.20 Å². The normalized spacial score (nSPS) is 10.8. The molecule has 1 aromatic rings. The third kappa shape index (κ3) is 5.91. The second kappa shape index (κ2) is 6.90. The summed E-state index contributed by atoms with van der Waals surface area (Å²) >= 11 is 0. The van der Waals surface area contributed by atoms with Gasteiger partial charge in [-0.2, -0.15) is 5.10 Å². The van der Waals surface area contributed by atoms with Crippen molar-refractivity contribution in [3.63, 3.8) is 0 Å². The van der Waals surface area contributed by atoms with Crippen LogP contribution in [0.15, 0.2) is 12.4 Å². The van der Waals surface area contributed by atoms with Crippen molar-refractivity contribution in [1.82, 2.24) is 20.0 Å². The van der Waals surface area contributed by atoms with Gasteiger partial charge >= 0.3 is 0 Å². The second-order valence-electron chi connectivity index (χ2n) is 4.33. The topological polar surface area (TPSA) is 76.2 Å². The molecule has 6 heteroatoms. The molecule has 0 fully saturated rings. The Labute approximate surface area is 102 Å². The van der Waals surface area contributed by atoms with Crippen LogP contribution in [0.4, 0.5) is 5.69 Å². The summed E-state index contributed by atoms with van der Waals surface area (Å²) in [6.45, 7) is 1.99. The molecule has 0 aliphatic heterocycles. The predicted molar refractivity (Wildman–Crippen MR) is 67.4 cm³/mol. The summed E-state index contributed by atoms with van der Waals surface area (Å²) in [7, 11) is 4.08. The Bertz CT molecular complexity index is 347. The van der Waals surface area contributed by atoms with Crippen molar-refractivity contribution in [3.05, 3.63) is 12.4 Å². The van der Waals surface area contributed by atoms with E-state index in [-0.39, 0.29) is 12.5 Å². The number of unbranched alkanes of at least 4 members (excludes halogenated alkanes) is 1. The fourth-order valence-electron chi connectivity index (χ4n) is 1.45. The molecule has 1 amide bonds.